The molecule has 25 heavy (non-hydrogen) atoms. The molecule has 1 amide bonds. The van der Waals surface area contributed by atoms with Crippen molar-refractivity contribution in [3.63, 3.8) is 0 Å². The first kappa shape index (κ1) is 19.4. The Morgan fingerprint density at radius 2 is 2.32 bits per heavy atom. The van der Waals surface area contributed by atoms with E-state index in [1.54, 1.807) is 17.1 Å². The number of aryl methyl sites for hydroxylation is 1. The number of hydrogen-bond acceptors (Lipinski definition) is 7. The molecule has 10 heteroatoms. The van der Waals surface area contributed by atoms with Crippen LogP contribution in [0, 0.1) is 0 Å². The molecular formula is C15H23N3O6S. The predicted octanol–water partition coefficient (Wildman–Crippen LogP) is 0.507. The predicted molar refractivity (Wildman–Crippen MR) is 89.1 cm³/mol. The van der Waals surface area contributed by atoms with Gasteiger partial charge in [-0.2, -0.15) is 8.42 Å². The Hall–Kier alpha value is -1.91. The van der Waals surface area contributed by atoms with E-state index in [1.165, 1.54) is 11.0 Å². The summed E-state index contributed by atoms with van der Waals surface area (Å²) in [6.45, 7) is 4.12. The molecule has 0 bridgehead atoms. The van der Waals surface area contributed by atoms with Crippen molar-refractivity contribution in [2.24, 2.45) is 0 Å². The minimum absolute atomic E-state index is 0.0792. The molecule has 1 aliphatic rings. The van der Waals surface area contributed by atoms with Crippen LogP contribution in [0.1, 0.15) is 18.5 Å². The van der Waals surface area contributed by atoms with Crippen molar-refractivity contribution in [1.82, 2.24) is 14.5 Å². The minimum atomic E-state index is -3.61. The Labute approximate surface area is 147 Å². The van der Waals surface area contributed by atoms with Gasteiger partial charge in [-0.25, -0.2) is 9.78 Å². The molecule has 1 fully saturated rings. The van der Waals surface area contributed by atoms with Crippen molar-refractivity contribution in [2.45, 2.75) is 38.1 Å². The largest absolute Gasteiger partial charge is 0.445 e. The maximum atomic E-state index is 12.2. The highest BCUT2D eigenvalue weighted by molar-refractivity contribution is 7.86. The van der Waals surface area contributed by atoms with Gasteiger partial charge in [0.2, 0.25) is 0 Å². The molecule has 0 spiro atoms. The molecule has 1 aromatic rings. The van der Waals surface area contributed by atoms with E-state index in [4.69, 9.17) is 8.92 Å². The molecule has 0 aromatic carbocycles. The van der Waals surface area contributed by atoms with Crippen LogP contribution in [0.3, 0.4) is 0 Å². The number of carbonyl (C=O) groups excluding carboxylic acids is 1. The zero-order valence-electron chi connectivity index (χ0n) is 14.1. The van der Waals surface area contributed by atoms with Gasteiger partial charge in [-0.05, 0) is 12.8 Å². The Bertz CT molecular complexity index is 702. The second kappa shape index (κ2) is 8.45. The van der Waals surface area contributed by atoms with E-state index in [2.05, 4.69) is 11.6 Å². The summed E-state index contributed by atoms with van der Waals surface area (Å²) >= 11 is 0. The first-order chi connectivity index (χ1) is 11.8. The Morgan fingerprint density at radius 1 is 1.56 bits per heavy atom. The topological polar surface area (TPSA) is 111 Å². The molecule has 9 nitrogen and oxygen atoms in total. The van der Waals surface area contributed by atoms with Crippen LogP contribution in [-0.2, 0) is 32.2 Å². The fraction of sp³-hybridized carbons (Fsp3) is 0.600. The lowest BCUT2D eigenvalue weighted by Crippen LogP contribution is -2.37. The third-order valence-electron chi connectivity index (χ3n) is 3.91. The van der Waals surface area contributed by atoms with E-state index in [-0.39, 0.29) is 25.8 Å². The van der Waals surface area contributed by atoms with Gasteiger partial charge in [-0.1, -0.05) is 12.7 Å². The molecule has 0 aliphatic carbocycles. The third-order valence-corrected chi connectivity index (χ3v) is 4.53. The second-order valence-corrected chi connectivity index (χ2v) is 7.46. The molecular weight excluding hydrogens is 350 g/mol. The van der Waals surface area contributed by atoms with E-state index in [0.29, 0.717) is 25.1 Å². The number of nitrogens with zero attached hydrogens (tertiary/aromatic N) is 3. The molecule has 1 aromatic heterocycles. The molecule has 2 atom stereocenters. The van der Waals surface area contributed by atoms with Crippen molar-refractivity contribution in [3.05, 3.63) is 30.9 Å². The van der Waals surface area contributed by atoms with Crippen molar-refractivity contribution >= 4 is 16.2 Å². The van der Waals surface area contributed by atoms with E-state index in [1.807, 2.05) is 0 Å². The normalized spacial score (nSPS) is 20.6. The van der Waals surface area contributed by atoms with Crippen molar-refractivity contribution in [3.8, 4) is 0 Å². The molecule has 0 unspecified atom stereocenters. The number of rotatable bonds is 8. The van der Waals surface area contributed by atoms with Crippen LogP contribution in [-0.4, -0.2) is 65.6 Å². The average Bonchev–Trinajstić information content (AvgIpc) is 3.15. The van der Waals surface area contributed by atoms with E-state index in [9.17, 15) is 18.3 Å². The molecule has 2 heterocycles. The fourth-order valence-electron chi connectivity index (χ4n) is 2.87. The summed E-state index contributed by atoms with van der Waals surface area (Å²) in [5.41, 5.74) is 0.669. The first-order valence-electron chi connectivity index (χ1n) is 7.86. The van der Waals surface area contributed by atoms with E-state index in [0.717, 1.165) is 6.26 Å². The summed E-state index contributed by atoms with van der Waals surface area (Å²) in [6, 6.07) is -0.238. The maximum Gasteiger partial charge on any atom is 0.410 e. The zero-order valence-corrected chi connectivity index (χ0v) is 14.9. The monoisotopic (exact) mass is 373 g/mol. The first-order valence-corrected chi connectivity index (χ1v) is 9.68. The molecule has 2 rings (SSSR count). The quantitative estimate of drug-likeness (QED) is 0.522. The summed E-state index contributed by atoms with van der Waals surface area (Å²) in [4.78, 5) is 17.7. The summed E-state index contributed by atoms with van der Waals surface area (Å²) in [7, 11) is -3.61. The van der Waals surface area contributed by atoms with Gasteiger partial charge in [0, 0.05) is 12.6 Å². The summed E-state index contributed by atoms with van der Waals surface area (Å²) in [6.07, 6.45) is 5.43. The summed E-state index contributed by atoms with van der Waals surface area (Å²) in [5.74, 6) is 0. The van der Waals surface area contributed by atoms with Crippen LogP contribution in [0.15, 0.2) is 25.2 Å². The molecule has 0 radical (unpaired) electrons. The van der Waals surface area contributed by atoms with Crippen LogP contribution in [0.4, 0.5) is 4.79 Å². The number of aliphatic hydroxyl groups is 1. The van der Waals surface area contributed by atoms with Crippen LogP contribution in [0.25, 0.3) is 0 Å². The molecule has 1 aliphatic heterocycles. The van der Waals surface area contributed by atoms with Gasteiger partial charge in [-0.15, -0.1) is 0 Å². The van der Waals surface area contributed by atoms with Crippen LogP contribution < -0.4 is 0 Å². The van der Waals surface area contributed by atoms with Gasteiger partial charge >= 0.3 is 6.09 Å². The van der Waals surface area contributed by atoms with Crippen molar-refractivity contribution in [2.75, 3.05) is 19.4 Å². The summed E-state index contributed by atoms with van der Waals surface area (Å²) in [5, 5.41) is 9.26. The minimum Gasteiger partial charge on any atom is -0.445 e. The lowest BCUT2D eigenvalue weighted by atomic mass is 10.1. The number of aliphatic hydroxyl groups excluding tert-OH is 1. The molecule has 140 valence electrons. The zero-order chi connectivity index (χ0) is 18.4. The SMILES string of the molecule is C=CCOC(=O)N1C[C@H](OS(C)(=O)=O)C[C@H]1CCn1cncc1CO. The highest BCUT2D eigenvalue weighted by Gasteiger charge is 2.38. The van der Waals surface area contributed by atoms with Crippen LogP contribution >= 0.6 is 0 Å². The number of hydrogen-bond donors (Lipinski definition) is 1. The average molecular weight is 373 g/mol. The second-order valence-electron chi connectivity index (χ2n) is 5.85. The number of aromatic nitrogens is 2. The van der Waals surface area contributed by atoms with Gasteiger partial charge in [-0.3, -0.25) is 4.18 Å². The van der Waals surface area contributed by atoms with Gasteiger partial charge in [0.15, 0.2) is 0 Å². The molecule has 1 N–H and O–H groups in total. The standard InChI is InChI=1S/C15H23N3O6S/c1-3-6-23-15(20)18-9-14(24-25(2,21)22)7-12(18)4-5-17-11-16-8-13(17)10-19/h3,8,11-12,14,19H,1,4-7,9-10H2,2H3/t12-,14-/m1/s1. The van der Waals surface area contributed by atoms with Crippen LogP contribution in [0.5, 0.6) is 0 Å². The number of imidazole rings is 1. The van der Waals surface area contributed by atoms with Crippen molar-refractivity contribution < 1.29 is 27.2 Å². The van der Waals surface area contributed by atoms with Gasteiger partial charge in [0.1, 0.15) is 6.61 Å². The Kier molecular flexibility index (Phi) is 6.57. The lowest BCUT2D eigenvalue weighted by Gasteiger charge is -2.23. The molecule has 1 saturated heterocycles. The Balaban J connectivity index is 2.04. The third kappa shape index (κ3) is 5.55. The lowest BCUT2D eigenvalue weighted by molar-refractivity contribution is 0.102. The maximum absolute atomic E-state index is 12.2. The highest BCUT2D eigenvalue weighted by atomic mass is 32.2. The number of likely N-dealkylation sites (tertiary alicyclic amines) is 1. The number of carbonyl (C=O) groups is 1. The number of ether oxygens (including phenoxy) is 1. The Morgan fingerprint density at radius 3 is 2.96 bits per heavy atom. The smallest absolute Gasteiger partial charge is 0.410 e. The molecule has 0 saturated carbocycles. The van der Waals surface area contributed by atoms with Crippen molar-refractivity contribution in [1.29, 1.82) is 0 Å². The van der Waals surface area contributed by atoms with Gasteiger partial charge in [0.05, 0.1) is 43.7 Å². The van der Waals surface area contributed by atoms with Crippen LogP contribution in [0.2, 0.25) is 0 Å². The summed E-state index contributed by atoms with van der Waals surface area (Å²) < 4.78 is 34.6. The number of amides is 1. The van der Waals surface area contributed by atoms with Gasteiger partial charge < -0.3 is 19.3 Å². The van der Waals surface area contributed by atoms with E-state index < -0.39 is 22.3 Å². The van der Waals surface area contributed by atoms with Gasteiger partial charge in [0.25, 0.3) is 10.1 Å². The highest BCUT2D eigenvalue weighted by Crippen LogP contribution is 2.25. The fourth-order valence-corrected chi connectivity index (χ4v) is 3.50. The van der Waals surface area contributed by atoms with E-state index >= 15 is 0 Å².